The van der Waals surface area contributed by atoms with Gasteiger partial charge in [-0.15, -0.1) is 10.2 Å². The highest BCUT2D eigenvalue weighted by atomic mass is 35.5. The van der Waals surface area contributed by atoms with E-state index in [9.17, 15) is 4.79 Å². The van der Waals surface area contributed by atoms with Crippen molar-refractivity contribution in [1.82, 2.24) is 24.6 Å². The smallest absolute Gasteiger partial charge is 0.320 e. The van der Waals surface area contributed by atoms with Gasteiger partial charge >= 0.3 is 6.03 Å². The number of nitrogens with two attached hydrogens (primary N) is 1. The Balaban J connectivity index is 1.82. The molecule has 2 amide bonds. The number of carbonyl (C=O) groups is 1. The lowest BCUT2D eigenvalue weighted by Crippen LogP contribution is -2.86. The van der Waals surface area contributed by atoms with E-state index in [1.165, 1.54) is 0 Å². The molecule has 1 fully saturated rings. The molecular formula is C18H24ClN6O+. The Hall–Kier alpha value is -2.12. The average molecular weight is 376 g/mol. The molecule has 0 unspecified atom stereocenters. The van der Waals surface area contributed by atoms with Gasteiger partial charge in [0, 0.05) is 37.9 Å². The average Bonchev–Trinajstić information content (AvgIpc) is 2.97. The molecule has 4 rings (SSSR count). The molecule has 2 N–H and O–H groups in total. The molecule has 0 saturated carbocycles. The Morgan fingerprint density at radius 1 is 1.23 bits per heavy atom. The lowest BCUT2D eigenvalue weighted by Gasteiger charge is -2.24. The lowest BCUT2D eigenvalue weighted by atomic mass is 9.97. The summed E-state index contributed by atoms with van der Waals surface area (Å²) in [5.41, 5.74) is 2.06. The van der Waals surface area contributed by atoms with Gasteiger partial charge in [-0.05, 0) is 23.8 Å². The molecule has 3 heterocycles. The Bertz CT molecular complexity index is 827. The zero-order chi connectivity index (χ0) is 18.3. The van der Waals surface area contributed by atoms with Gasteiger partial charge in [-0.25, -0.2) is 4.79 Å². The van der Waals surface area contributed by atoms with Gasteiger partial charge in [-0.1, -0.05) is 11.6 Å². The standard InChI is InChI=1S/C18H23ClN6O/c1-23(2)18(26)24-10-13-9-14(19)3-4-15(13)25-16(11-24)21-22-17(25)12-5-7-20-8-6-12/h3-4,9,12,20H,5-8,10-11H2,1-2H3/p+1. The van der Waals surface area contributed by atoms with Gasteiger partial charge in [-0.3, -0.25) is 4.57 Å². The Labute approximate surface area is 157 Å². The first-order valence-corrected chi connectivity index (χ1v) is 9.43. The molecular weight excluding hydrogens is 352 g/mol. The van der Waals surface area contributed by atoms with Gasteiger partial charge in [0.2, 0.25) is 0 Å². The molecule has 2 aromatic rings. The van der Waals surface area contributed by atoms with Crippen LogP contribution < -0.4 is 5.32 Å². The van der Waals surface area contributed by atoms with E-state index in [0.717, 1.165) is 48.8 Å². The van der Waals surface area contributed by atoms with Gasteiger partial charge in [0.15, 0.2) is 5.82 Å². The van der Waals surface area contributed by atoms with E-state index in [0.29, 0.717) is 24.0 Å². The summed E-state index contributed by atoms with van der Waals surface area (Å²) in [7, 11) is 3.53. The van der Waals surface area contributed by atoms with E-state index < -0.39 is 0 Å². The van der Waals surface area contributed by atoms with Crippen molar-refractivity contribution >= 4 is 17.6 Å². The number of fused-ring (bicyclic) bond motifs is 3. The third-order valence-electron chi connectivity index (χ3n) is 5.19. The van der Waals surface area contributed by atoms with Crippen molar-refractivity contribution in [2.75, 3.05) is 27.2 Å². The molecule has 0 atom stereocenters. The van der Waals surface area contributed by atoms with Crippen LogP contribution in [0.15, 0.2) is 18.2 Å². The van der Waals surface area contributed by atoms with Crippen LogP contribution in [0.2, 0.25) is 5.02 Å². The van der Waals surface area contributed by atoms with Crippen molar-refractivity contribution < 1.29 is 10.1 Å². The van der Waals surface area contributed by atoms with Crippen molar-refractivity contribution in [2.45, 2.75) is 31.8 Å². The maximum absolute atomic E-state index is 12.6. The molecule has 138 valence electrons. The molecule has 0 radical (unpaired) electrons. The summed E-state index contributed by atoms with van der Waals surface area (Å²) in [6, 6.07) is 5.82. The van der Waals surface area contributed by atoms with E-state index in [4.69, 9.17) is 11.6 Å². The molecule has 1 saturated heterocycles. The summed E-state index contributed by atoms with van der Waals surface area (Å²) in [5, 5.41) is 12.0. The molecule has 0 bridgehead atoms. The van der Waals surface area contributed by atoms with Crippen LogP contribution in [0.5, 0.6) is 0 Å². The first-order valence-electron chi connectivity index (χ1n) is 9.05. The second kappa shape index (κ2) is 6.89. The van der Waals surface area contributed by atoms with Crippen LogP contribution in [0.3, 0.4) is 0 Å². The zero-order valence-corrected chi connectivity index (χ0v) is 15.9. The van der Waals surface area contributed by atoms with Crippen molar-refractivity contribution in [3.05, 3.63) is 40.4 Å². The number of carbonyl (C=O) groups excluding carboxylic acids is 1. The second-order valence-corrected chi connectivity index (χ2v) is 7.69. The highest BCUT2D eigenvalue weighted by molar-refractivity contribution is 6.30. The minimum absolute atomic E-state index is 0.0406. The van der Waals surface area contributed by atoms with Crippen LogP contribution in [-0.2, 0) is 13.1 Å². The largest absolute Gasteiger partial charge is 0.346 e. The molecule has 8 heteroatoms. The number of aromatic nitrogens is 3. The third kappa shape index (κ3) is 3.05. The Kier molecular flexibility index (Phi) is 4.58. The molecule has 1 aromatic heterocycles. The third-order valence-corrected chi connectivity index (χ3v) is 5.42. The van der Waals surface area contributed by atoms with E-state index in [-0.39, 0.29) is 6.03 Å². The molecule has 2 aliphatic heterocycles. The summed E-state index contributed by atoms with van der Waals surface area (Å²) < 4.78 is 2.16. The van der Waals surface area contributed by atoms with Gasteiger partial charge in [0.25, 0.3) is 0 Å². The van der Waals surface area contributed by atoms with Gasteiger partial charge < -0.3 is 15.1 Å². The summed E-state index contributed by atoms with van der Waals surface area (Å²) in [4.78, 5) is 16.0. The number of nitrogens with zero attached hydrogens (tertiary/aromatic N) is 5. The van der Waals surface area contributed by atoms with Crippen molar-refractivity contribution in [3.8, 4) is 5.69 Å². The topological polar surface area (TPSA) is 70.9 Å². The first kappa shape index (κ1) is 17.3. The van der Waals surface area contributed by atoms with E-state index in [2.05, 4.69) is 20.1 Å². The maximum Gasteiger partial charge on any atom is 0.320 e. The monoisotopic (exact) mass is 375 g/mol. The number of hydrogen-bond donors (Lipinski definition) is 1. The Morgan fingerprint density at radius 2 is 2.00 bits per heavy atom. The minimum atomic E-state index is -0.0406. The van der Waals surface area contributed by atoms with Crippen molar-refractivity contribution in [2.24, 2.45) is 0 Å². The van der Waals surface area contributed by atoms with Gasteiger partial charge in [0.1, 0.15) is 5.82 Å². The highest BCUT2D eigenvalue weighted by Gasteiger charge is 2.31. The fraction of sp³-hybridized carbons (Fsp3) is 0.500. The lowest BCUT2D eigenvalue weighted by molar-refractivity contribution is -0.663. The van der Waals surface area contributed by atoms with Crippen LogP contribution in [0.1, 0.15) is 36.0 Å². The van der Waals surface area contributed by atoms with Crippen LogP contribution in [0.4, 0.5) is 4.79 Å². The Morgan fingerprint density at radius 3 is 2.73 bits per heavy atom. The number of rotatable bonds is 1. The zero-order valence-electron chi connectivity index (χ0n) is 15.2. The summed E-state index contributed by atoms with van der Waals surface area (Å²) in [5.74, 6) is 2.22. The fourth-order valence-corrected chi connectivity index (χ4v) is 4.09. The van der Waals surface area contributed by atoms with Crippen LogP contribution >= 0.6 is 11.6 Å². The van der Waals surface area contributed by atoms with Crippen molar-refractivity contribution in [1.29, 1.82) is 0 Å². The van der Waals surface area contributed by atoms with Gasteiger partial charge in [-0.2, -0.15) is 0 Å². The molecule has 1 aromatic carbocycles. The predicted octanol–water partition coefficient (Wildman–Crippen LogP) is 1.36. The number of quaternary nitrogens is 1. The van der Waals surface area contributed by atoms with E-state index >= 15 is 0 Å². The number of benzene rings is 1. The number of hydrogen-bond acceptors (Lipinski definition) is 3. The van der Waals surface area contributed by atoms with Crippen molar-refractivity contribution in [3.63, 3.8) is 0 Å². The second-order valence-electron chi connectivity index (χ2n) is 7.26. The highest BCUT2D eigenvalue weighted by Crippen LogP contribution is 2.32. The molecule has 7 nitrogen and oxygen atoms in total. The maximum atomic E-state index is 12.6. The van der Waals surface area contributed by atoms with Crippen LogP contribution in [0, 0.1) is 0 Å². The molecule has 0 aliphatic carbocycles. The normalized spacial score (nSPS) is 17.4. The fourth-order valence-electron chi connectivity index (χ4n) is 3.89. The molecule has 2 aliphatic rings. The molecule has 26 heavy (non-hydrogen) atoms. The summed E-state index contributed by atoms with van der Waals surface area (Å²) >= 11 is 6.25. The minimum Gasteiger partial charge on any atom is -0.346 e. The van der Waals surface area contributed by atoms with Crippen LogP contribution in [-0.4, -0.2) is 57.8 Å². The van der Waals surface area contributed by atoms with Crippen LogP contribution in [0.25, 0.3) is 5.69 Å². The number of halogens is 1. The number of urea groups is 1. The van der Waals surface area contributed by atoms with E-state index in [1.807, 2.05) is 18.2 Å². The van der Waals surface area contributed by atoms with Gasteiger partial charge in [0.05, 0.1) is 31.9 Å². The SMILES string of the molecule is CN(C)C(=O)N1Cc2cc(Cl)ccc2-n2c(nnc2C2CC[NH2+]CC2)C1. The number of piperidine rings is 1. The quantitative estimate of drug-likeness (QED) is 0.818. The number of amides is 2. The predicted molar refractivity (Wildman–Crippen MR) is 98.3 cm³/mol. The molecule has 0 spiro atoms. The van der Waals surface area contributed by atoms with E-state index in [1.54, 1.807) is 23.9 Å². The summed E-state index contributed by atoms with van der Waals surface area (Å²) in [6.45, 7) is 3.18. The first-order chi connectivity index (χ1) is 12.5. The summed E-state index contributed by atoms with van der Waals surface area (Å²) in [6.07, 6.45) is 2.20.